The molecule has 2 nitrogen and oxygen atoms in total. The molecule has 98 valence electrons. The van der Waals surface area contributed by atoms with Crippen molar-refractivity contribution in [2.75, 3.05) is 5.75 Å². The lowest BCUT2D eigenvalue weighted by Gasteiger charge is -2.20. The van der Waals surface area contributed by atoms with Gasteiger partial charge >= 0.3 is 0 Å². The standard InChI is InChI=1S/C14H19NOS2/c1-2-18-13-9-5-7-11(13)15-14(16)10-6-3-4-8-12(10)17/h3-4,6,8,11,13,17H,2,5,7,9H2,1H3,(H,15,16). The van der Waals surface area contributed by atoms with E-state index in [-0.39, 0.29) is 5.91 Å². The largest absolute Gasteiger partial charge is 0.348 e. The van der Waals surface area contributed by atoms with E-state index in [0.29, 0.717) is 16.9 Å². The van der Waals surface area contributed by atoms with Crippen LogP contribution in [0.15, 0.2) is 29.2 Å². The van der Waals surface area contributed by atoms with Crippen molar-refractivity contribution in [3.8, 4) is 0 Å². The number of hydrogen-bond acceptors (Lipinski definition) is 3. The van der Waals surface area contributed by atoms with Gasteiger partial charge in [-0.05, 0) is 30.7 Å². The Bertz CT molecular complexity index is 422. The Kier molecular flexibility index (Phi) is 5.01. The highest BCUT2D eigenvalue weighted by Gasteiger charge is 2.28. The Labute approximate surface area is 118 Å². The summed E-state index contributed by atoms with van der Waals surface area (Å²) in [5, 5.41) is 3.74. The number of rotatable bonds is 4. The van der Waals surface area contributed by atoms with E-state index in [0.717, 1.165) is 17.1 Å². The number of thiol groups is 1. The molecule has 1 N–H and O–H groups in total. The highest BCUT2D eigenvalue weighted by atomic mass is 32.2. The summed E-state index contributed by atoms with van der Waals surface area (Å²) in [6, 6.07) is 7.77. The third kappa shape index (κ3) is 3.23. The van der Waals surface area contributed by atoms with E-state index in [1.807, 2.05) is 36.0 Å². The van der Waals surface area contributed by atoms with Crippen LogP contribution < -0.4 is 5.32 Å². The van der Waals surface area contributed by atoms with E-state index < -0.39 is 0 Å². The summed E-state index contributed by atoms with van der Waals surface area (Å²) < 4.78 is 0. The van der Waals surface area contributed by atoms with E-state index in [1.54, 1.807) is 0 Å². The van der Waals surface area contributed by atoms with Crippen LogP contribution in [0.25, 0.3) is 0 Å². The fourth-order valence-electron chi connectivity index (χ4n) is 2.42. The van der Waals surface area contributed by atoms with Gasteiger partial charge in [-0.1, -0.05) is 25.5 Å². The molecule has 18 heavy (non-hydrogen) atoms. The van der Waals surface area contributed by atoms with Crippen molar-refractivity contribution < 1.29 is 4.79 Å². The number of carbonyl (C=O) groups excluding carboxylic acids is 1. The fourth-order valence-corrected chi connectivity index (χ4v) is 3.88. The van der Waals surface area contributed by atoms with E-state index in [4.69, 9.17) is 0 Å². The molecule has 1 fully saturated rings. The first-order valence-electron chi connectivity index (χ1n) is 6.43. The van der Waals surface area contributed by atoms with Gasteiger partial charge < -0.3 is 5.32 Å². The summed E-state index contributed by atoms with van der Waals surface area (Å²) in [6.45, 7) is 2.17. The average molecular weight is 281 g/mol. The molecule has 4 heteroatoms. The number of benzene rings is 1. The number of nitrogens with one attached hydrogen (secondary N) is 1. The molecule has 1 amide bonds. The normalized spacial score (nSPS) is 23.0. The van der Waals surface area contributed by atoms with Crippen molar-refractivity contribution in [3.63, 3.8) is 0 Å². The second-order valence-corrected chi connectivity index (χ2v) is 6.52. The molecule has 0 radical (unpaired) electrons. The van der Waals surface area contributed by atoms with Crippen LogP contribution in [-0.4, -0.2) is 23.0 Å². The van der Waals surface area contributed by atoms with Crippen LogP contribution >= 0.6 is 24.4 Å². The topological polar surface area (TPSA) is 29.1 Å². The van der Waals surface area contributed by atoms with Crippen LogP contribution in [0, 0.1) is 0 Å². The summed E-state index contributed by atoms with van der Waals surface area (Å²) in [5.41, 5.74) is 0.674. The molecule has 0 aromatic heterocycles. The number of amides is 1. The molecule has 2 atom stereocenters. The second kappa shape index (κ2) is 6.53. The minimum atomic E-state index is 0.00852. The maximum atomic E-state index is 12.2. The van der Waals surface area contributed by atoms with Crippen LogP contribution in [0.4, 0.5) is 0 Å². The Balaban J connectivity index is 2.01. The lowest BCUT2D eigenvalue weighted by Crippen LogP contribution is -2.38. The zero-order chi connectivity index (χ0) is 13.0. The minimum Gasteiger partial charge on any atom is -0.348 e. The molecule has 1 aromatic rings. The molecule has 0 saturated heterocycles. The maximum absolute atomic E-state index is 12.2. The summed E-state index contributed by atoms with van der Waals surface area (Å²) in [7, 11) is 0. The molecule has 1 aliphatic rings. The van der Waals surface area contributed by atoms with E-state index >= 15 is 0 Å². The van der Waals surface area contributed by atoms with Crippen molar-refractivity contribution >= 4 is 30.3 Å². The van der Waals surface area contributed by atoms with Gasteiger partial charge in [0.05, 0.1) is 5.56 Å². The molecule has 0 spiro atoms. The van der Waals surface area contributed by atoms with Gasteiger partial charge in [-0.3, -0.25) is 4.79 Å². The van der Waals surface area contributed by atoms with E-state index in [9.17, 15) is 4.79 Å². The number of hydrogen-bond donors (Lipinski definition) is 2. The smallest absolute Gasteiger partial charge is 0.252 e. The van der Waals surface area contributed by atoms with Crippen LogP contribution in [0.5, 0.6) is 0 Å². The fraction of sp³-hybridized carbons (Fsp3) is 0.500. The molecule has 2 rings (SSSR count). The third-order valence-corrected chi connectivity index (χ3v) is 5.01. The first kappa shape index (κ1) is 13.8. The predicted molar refractivity (Wildman–Crippen MR) is 80.7 cm³/mol. The Hall–Kier alpha value is -0.610. The Morgan fingerprint density at radius 3 is 2.94 bits per heavy atom. The SMILES string of the molecule is CCSC1CCCC1NC(=O)c1ccccc1S. The molecule has 1 aliphatic carbocycles. The van der Waals surface area contributed by atoms with Crippen molar-refractivity contribution in [2.24, 2.45) is 0 Å². The first-order valence-corrected chi connectivity index (χ1v) is 7.92. The third-order valence-electron chi connectivity index (χ3n) is 3.30. The van der Waals surface area contributed by atoms with Crippen LogP contribution in [-0.2, 0) is 0 Å². The summed E-state index contributed by atoms with van der Waals surface area (Å²) in [5.74, 6) is 1.12. The van der Waals surface area contributed by atoms with Gasteiger partial charge in [-0.15, -0.1) is 12.6 Å². The van der Waals surface area contributed by atoms with Gasteiger partial charge in [0.15, 0.2) is 0 Å². The van der Waals surface area contributed by atoms with Gasteiger partial charge in [0, 0.05) is 16.2 Å². The molecule has 2 unspecified atom stereocenters. The van der Waals surface area contributed by atoms with Crippen molar-refractivity contribution in [3.05, 3.63) is 29.8 Å². The highest BCUT2D eigenvalue weighted by molar-refractivity contribution is 7.99. The van der Waals surface area contributed by atoms with E-state index in [1.165, 1.54) is 12.8 Å². The lowest BCUT2D eigenvalue weighted by atomic mass is 10.2. The van der Waals surface area contributed by atoms with Crippen LogP contribution in [0.3, 0.4) is 0 Å². The van der Waals surface area contributed by atoms with Crippen molar-refractivity contribution in [2.45, 2.75) is 42.4 Å². The monoisotopic (exact) mass is 281 g/mol. The predicted octanol–water partition coefficient (Wildman–Crippen LogP) is 3.38. The van der Waals surface area contributed by atoms with Gasteiger partial charge in [-0.25, -0.2) is 0 Å². The highest BCUT2D eigenvalue weighted by Crippen LogP contribution is 2.30. The van der Waals surface area contributed by atoms with Gasteiger partial charge in [0.2, 0.25) is 0 Å². The molecular formula is C14H19NOS2. The van der Waals surface area contributed by atoms with Crippen LogP contribution in [0.1, 0.15) is 36.5 Å². The summed E-state index contributed by atoms with van der Waals surface area (Å²) >= 11 is 6.29. The Morgan fingerprint density at radius 2 is 2.22 bits per heavy atom. The van der Waals surface area contributed by atoms with Crippen molar-refractivity contribution in [1.29, 1.82) is 0 Å². The van der Waals surface area contributed by atoms with Crippen molar-refractivity contribution in [1.82, 2.24) is 5.32 Å². The van der Waals surface area contributed by atoms with Crippen LogP contribution in [0.2, 0.25) is 0 Å². The van der Waals surface area contributed by atoms with Gasteiger partial charge in [0.1, 0.15) is 0 Å². The summed E-state index contributed by atoms with van der Waals surface area (Å²) in [4.78, 5) is 12.9. The minimum absolute atomic E-state index is 0.00852. The van der Waals surface area contributed by atoms with Gasteiger partial charge in [0.25, 0.3) is 5.91 Å². The molecular weight excluding hydrogens is 262 g/mol. The number of thioether (sulfide) groups is 1. The lowest BCUT2D eigenvalue weighted by molar-refractivity contribution is 0.0936. The second-order valence-electron chi connectivity index (χ2n) is 4.52. The first-order chi connectivity index (χ1) is 8.72. The zero-order valence-corrected chi connectivity index (χ0v) is 12.3. The van der Waals surface area contributed by atoms with E-state index in [2.05, 4.69) is 24.9 Å². The van der Waals surface area contributed by atoms with Gasteiger partial charge in [-0.2, -0.15) is 11.8 Å². The maximum Gasteiger partial charge on any atom is 0.252 e. The molecule has 0 bridgehead atoms. The molecule has 0 heterocycles. The number of carbonyl (C=O) groups is 1. The zero-order valence-electron chi connectivity index (χ0n) is 10.6. The molecule has 0 aliphatic heterocycles. The summed E-state index contributed by atoms with van der Waals surface area (Å²) in [6.07, 6.45) is 3.52. The quantitative estimate of drug-likeness (QED) is 0.829. The average Bonchev–Trinajstić information content (AvgIpc) is 2.78. The molecule has 1 saturated carbocycles. The molecule has 1 aromatic carbocycles. The Morgan fingerprint density at radius 1 is 1.44 bits per heavy atom.